The van der Waals surface area contributed by atoms with E-state index >= 15 is 0 Å². The van der Waals surface area contributed by atoms with Crippen LogP contribution in [0.2, 0.25) is 0 Å². The van der Waals surface area contributed by atoms with Gasteiger partial charge >= 0.3 is 6.09 Å². The summed E-state index contributed by atoms with van der Waals surface area (Å²) in [5.74, 6) is 0.879. The summed E-state index contributed by atoms with van der Waals surface area (Å²) in [4.78, 5) is 29.4. The highest BCUT2D eigenvalue weighted by atomic mass is 16.6. The number of hydrogen-bond acceptors (Lipinski definition) is 4. The highest BCUT2D eigenvalue weighted by Gasteiger charge is 2.38. The fourth-order valence-corrected chi connectivity index (χ4v) is 5.89. The Kier molecular flexibility index (Phi) is 8.24. The molecule has 1 fully saturated rings. The van der Waals surface area contributed by atoms with Gasteiger partial charge in [0.05, 0.1) is 7.11 Å². The minimum atomic E-state index is -0.252. The number of allylic oxidation sites excluding steroid dienone is 1. The van der Waals surface area contributed by atoms with Gasteiger partial charge in [0.1, 0.15) is 12.4 Å². The van der Waals surface area contributed by atoms with Crippen LogP contribution in [0.3, 0.4) is 0 Å². The van der Waals surface area contributed by atoms with E-state index in [1.54, 1.807) is 7.11 Å². The first-order valence-corrected chi connectivity index (χ1v) is 14.2. The van der Waals surface area contributed by atoms with E-state index in [1.165, 1.54) is 5.56 Å². The summed E-state index contributed by atoms with van der Waals surface area (Å²) < 4.78 is 11.2. The van der Waals surface area contributed by atoms with E-state index in [0.29, 0.717) is 31.7 Å². The molecule has 1 heterocycles. The molecule has 5 rings (SSSR count). The largest absolute Gasteiger partial charge is 0.497 e. The number of benzene rings is 3. The van der Waals surface area contributed by atoms with Crippen LogP contribution >= 0.6 is 0 Å². The molecular formula is C34H38N2O4. The summed E-state index contributed by atoms with van der Waals surface area (Å²) in [6, 6.07) is 24.1. The first-order chi connectivity index (χ1) is 19.4. The van der Waals surface area contributed by atoms with Gasteiger partial charge in [0, 0.05) is 31.7 Å². The average molecular weight is 539 g/mol. The van der Waals surface area contributed by atoms with Crippen molar-refractivity contribution in [2.24, 2.45) is 5.41 Å². The number of fused-ring (bicyclic) bond motifs is 1. The van der Waals surface area contributed by atoms with Gasteiger partial charge in [-0.15, -0.1) is 0 Å². The molecule has 208 valence electrons. The minimum Gasteiger partial charge on any atom is -0.497 e. The van der Waals surface area contributed by atoms with Gasteiger partial charge in [0.2, 0.25) is 0 Å². The van der Waals surface area contributed by atoms with E-state index in [2.05, 4.69) is 30.3 Å². The molecule has 2 amide bonds. The van der Waals surface area contributed by atoms with Crippen molar-refractivity contribution in [1.82, 2.24) is 9.80 Å². The van der Waals surface area contributed by atoms with Crippen LogP contribution in [0.25, 0.3) is 5.57 Å². The molecule has 2 aliphatic rings. The van der Waals surface area contributed by atoms with E-state index in [1.807, 2.05) is 72.2 Å². The quantitative estimate of drug-likeness (QED) is 0.341. The van der Waals surface area contributed by atoms with Gasteiger partial charge < -0.3 is 19.3 Å². The average Bonchev–Trinajstić information content (AvgIpc) is 3.01. The monoisotopic (exact) mass is 538 g/mol. The zero-order valence-electron chi connectivity index (χ0n) is 23.7. The summed E-state index contributed by atoms with van der Waals surface area (Å²) in [5, 5.41) is 0. The number of carbonyl (C=O) groups excluding carboxylic acids is 2. The molecule has 0 N–H and O–H groups in total. The summed E-state index contributed by atoms with van der Waals surface area (Å²) in [7, 11) is 1.69. The molecule has 1 saturated heterocycles. The molecule has 3 aromatic carbocycles. The number of rotatable bonds is 7. The van der Waals surface area contributed by atoms with E-state index in [0.717, 1.165) is 47.3 Å². The molecule has 6 heteroatoms. The van der Waals surface area contributed by atoms with Crippen molar-refractivity contribution in [3.05, 3.63) is 107 Å². The van der Waals surface area contributed by atoms with Crippen molar-refractivity contribution in [1.29, 1.82) is 0 Å². The van der Waals surface area contributed by atoms with E-state index < -0.39 is 0 Å². The van der Waals surface area contributed by atoms with Gasteiger partial charge in [-0.3, -0.25) is 4.79 Å². The topological polar surface area (TPSA) is 59.1 Å². The first kappa shape index (κ1) is 27.5. The Hall–Kier alpha value is -4.06. The predicted molar refractivity (Wildman–Crippen MR) is 157 cm³/mol. The Balaban J connectivity index is 1.37. The van der Waals surface area contributed by atoms with Gasteiger partial charge in [0.15, 0.2) is 0 Å². The molecule has 6 nitrogen and oxygen atoms in total. The van der Waals surface area contributed by atoms with Crippen molar-refractivity contribution in [2.75, 3.05) is 33.3 Å². The lowest BCUT2D eigenvalue weighted by molar-refractivity contribution is 0.0721. The van der Waals surface area contributed by atoms with Crippen LogP contribution in [0.5, 0.6) is 5.75 Å². The molecule has 0 unspecified atom stereocenters. The molecule has 40 heavy (non-hydrogen) atoms. The van der Waals surface area contributed by atoms with Crippen molar-refractivity contribution >= 4 is 17.6 Å². The predicted octanol–water partition coefficient (Wildman–Crippen LogP) is 6.58. The molecule has 1 spiro atoms. The second-order valence-electron chi connectivity index (χ2n) is 10.7. The number of carbonyl (C=O) groups is 2. The molecule has 0 radical (unpaired) electrons. The Bertz CT molecular complexity index is 1370. The third-order valence-corrected chi connectivity index (χ3v) is 8.32. The number of methoxy groups -OCH3 is 1. The normalized spacial score (nSPS) is 15.7. The molecular weight excluding hydrogens is 500 g/mol. The molecule has 1 aliphatic heterocycles. The van der Waals surface area contributed by atoms with Crippen LogP contribution in [-0.4, -0.2) is 55.1 Å². The van der Waals surface area contributed by atoms with Gasteiger partial charge in [-0.1, -0.05) is 54.6 Å². The molecule has 3 aromatic rings. The zero-order chi connectivity index (χ0) is 28.1. The van der Waals surface area contributed by atoms with Crippen LogP contribution in [-0.2, 0) is 17.8 Å². The lowest BCUT2D eigenvalue weighted by Crippen LogP contribution is -2.44. The van der Waals surface area contributed by atoms with E-state index in [4.69, 9.17) is 9.47 Å². The second kappa shape index (κ2) is 12.0. The smallest absolute Gasteiger partial charge is 0.410 e. The SMILES string of the molecule is CCN(CC)C(=O)c1ccc(C2=CC3(CCN(C(=O)OCc4ccccc4)CC3)Cc3ccc(OC)cc32)cc1. The fraction of sp³-hybridized carbons (Fsp3) is 0.353. The summed E-state index contributed by atoms with van der Waals surface area (Å²) in [6.07, 6.45) is 4.79. The highest BCUT2D eigenvalue weighted by Crippen LogP contribution is 2.46. The maximum atomic E-state index is 12.9. The number of piperidine rings is 1. The standard InChI is InChI=1S/C34H38N2O4/c1-4-35(5-2)32(37)27-13-11-26(12-14-27)31-23-34(22-28-15-16-29(39-3)21-30(28)31)17-19-36(20-18-34)33(38)40-24-25-9-7-6-8-10-25/h6-16,21,23H,4-5,17-20,22,24H2,1-3H3. The number of nitrogens with zero attached hydrogens (tertiary/aromatic N) is 2. The highest BCUT2D eigenvalue weighted by molar-refractivity contribution is 5.95. The van der Waals surface area contributed by atoms with Crippen molar-refractivity contribution in [3.63, 3.8) is 0 Å². The van der Waals surface area contributed by atoms with E-state index in [-0.39, 0.29) is 24.0 Å². The minimum absolute atomic E-state index is 0.0527. The van der Waals surface area contributed by atoms with Crippen LogP contribution in [0, 0.1) is 5.41 Å². The lowest BCUT2D eigenvalue weighted by Gasteiger charge is -2.43. The number of likely N-dealkylation sites (tertiary alicyclic amines) is 1. The van der Waals surface area contributed by atoms with Gasteiger partial charge in [0.25, 0.3) is 5.91 Å². The second-order valence-corrected chi connectivity index (χ2v) is 10.7. The lowest BCUT2D eigenvalue weighted by atomic mass is 9.67. The summed E-state index contributed by atoms with van der Waals surface area (Å²) in [6.45, 7) is 6.97. The Morgan fingerprint density at radius 1 is 0.925 bits per heavy atom. The number of amides is 2. The Morgan fingerprint density at radius 3 is 2.27 bits per heavy atom. The molecule has 0 atom stereocenters. The van der Waals surface area contributed by atoms with Gasteiger partial charge in [-0.25, -0.2) is 4.79 Å². The van der Waals surface area contributed by atoms with Crippen LogP contribution in [0.15, 0.2) is 78.9 Å². The van der Waals surface area contributed by atoms with Crippen molar-refractivity contribution in [2.45, 2.75) is 39.7 Å². The van der Waals surface area contributed by atoms with Crippen molar-refractivity contribution < 1.29 is 19.1 Å². The summed E-state index contributed by atoms with van der Waals surface area (Å²) >= 11 is 0. The summed E-state index contributed by atoms with van der Waals surface area (Å²) in [5.41, 5.74) is 6.31. The maximum absolute atomic E-state index is 12.9. The molecule has 0 saturated carbocycles. The third-order valence-electron chi connectivity index (χ3n) is 8.32. The molecule has 0 aromatic heterocycles. The molecule has 0 bridgehead atoms. The van der Waals surface area contributed by atoms with Crippen LogP contribution in [0.4, 0.5) is 4.79 Å². The first-order valence-electron chi connectivity index (χ1n) is 14.2. The van der Waals surface area contributed by atoms with E-state index in [9.17, 15) is 9.59 Å². The van der Waals surface area contributed by atoms with Crippen LogP contribution in [0.1, 0.15) is 59.3 Å². The van der Waals surface area contributed by atoms with Crippen LogP contribution < -0.4 is 4.74 Å². The fourth-order valence-electron chi connectivity index (χ4n) is 5.89. The molecule has 1 aliphatic carbocycles. The van der Waals surface area contributed by atoms with Crippen molar-refractivity contribution in [3.8, 4) is 5.75 Å². The zero-order valence-corrected chi connectivity index (χ0v) is 23.7. The Labute approximate surface area is 237 Å². The van der Waals surface area contributed by atoms with Gasteiger partial charge in [-0.2, -0.15) is 0 Å². The third kappa shape index (κ3) is 5.76. The number of hydrogen-bond donors (Lipinski definition) is 0. The number of ether oxygens (including phenoxy) is 2. The van der Waals surface area contributed by atoms with Gasteiger partial charge in [-0.05, 0) is 90.6 Å². The maximum Gasteiger partial charge on any atom is 0.410 e. The Morgan fingerprint density at radius 2 is 1.62 bits per heavy atom.